The molecule has 280 valence electrons. The number of amidine groups is 2. The molecule has 1 unspecified atom stereocenters. The maximum atomic E-state index is 6.73. The zero-order chi connectivity index (χ0) is 39.2. The molecule has 2 aliphatic rings. The molecule has 2 aromatic heterocycles. The number of nitrogens with zero attached hydrogens (tertiary/aromatic N) is 3. The quantitative estimate of drug-likeness (QED) is 0.190. The van der Waals surface area contributed by atoms with Crippen LogP contribution in [0, 0.1) is 0 Å². The molecule has 10 aromatic rings. The van der Waals surface area contributed by atoms with Crippen molar-refractivity contribution in [3.63, 3.8) is 0 Å². The predicted octanol–water partition coefficient (Wildman–Crippen LogP) is 13.2. The molecule has 0 fully saturated rings. The van der Waals surface area contributed by atoms with Crippen molar-refractivity contribution in [1.29, 1.82) is 0 Å². The maximum Gasteiger partial charge on any atom is 0.160 e. The summed E-state index contributed by atoms with van der Waals surface area (Å²) in [5.41, 5.74) is 15.5. The van der Waals surface area contributed by atoms with Crippen molar-refractivity contribution in [1.82, 2.24) is 9.88 Å². The molecule has 3 heterocycles. The third kappa shape index (κ3) is 5.18. The molecule has 1 atom stereocenters. The summed E-state index contributed by atoms with van der Waals surface area (Å²) in [4.78, 5) is 10.6. The zero-order valence-electron chi connectivity index (χ0n) is 32.6. The first-order chi connectivity index (χ1) is 29.0. The highest BCUT2D eigenvalue weighted by atomic mass is 16.3. The van der Waals surface area contributed by atoms with E-state index < -0.39 is 0 Å². The second-order valence-electron chi connectivity index (χ2n) is 16.2. The summed E-state index contributed by atoms with van der Waals surface area (Å²) in [6.45, 7) is 4.63. The number of hydrogen-bond acceptors (Lipinski definition) is 4. The van der Waals surface area contributed by atoms with Gasteiger partial charge in [0.25, 0.3) is 0 Å². The Labute approximate surface area is 341 Å². The molecular weight excluding hydrogens is 721 g/mol. The van der Waals surface area contributed by atoms with Gasteiger partial charge in [-0.15, -0.1) is 0 Å². The van der Waals surface area contributed by atoms with Gasteiger partial charge >= 0.3 is 0 Å². The lowest BCUT2D eigenvalue weighted by atomic mass is 9.82. The van der Waals surface area contributed by atoms with Crippen LogP contribution in [0.1, 0.15) is 47.8 Å². The van der Waals surface area contributed by atoms with Crippen LogP contribution in [0.15, 0.2) is 196 Å². The van der Waals surface area contributed by atoms with E-state index in [4.69, 9.17) is 14.4 Å². The number of rotatable bonds is 5. The minimum absolute atomic E-state index is 0.128. The number of nitrogens with one attached hydrogen (secondary N) is 1. The Morgan fingerprint density at radius 2 is 1.24 bits per heavy atom. The van der Waals surface area contributed by atoms with Gasteiger partial charge in [0.2, 0.25) is 0 Å². The molecule has 0 spiro atoms. The Morgan fingerprint density at radius 1 is 0.525 bits per heavy atom. The molecule has 5 nitrogen and oxygen atoms in total. The van der Waals surface area contributed by atoms with Crippen LogP contribution in [-0.4, -0.2) is 16.2 Å². The molecule has 0 saturated carbocycles. The van der Waals surface area contributed by atoms with Gasteiger partial charge in [-0.2, -0.15) is 0 Å². The fourth-order valence-electron chi connectivity index (χ4n) is 9.57. The summed E-state index contributed by atoms with van der Waals surface area (Å²) in [5.74, 6) is 1.47. The van der Waals surface area contributed by atoms with E-state index in [1.807, 2.05) is 18.2 Å². The third-order valence-corrected chi connectivity index (χ3v) is 12.5. The van der Waals surface area contributed by atoms with E-state index >= 15 is 0 Å². The number of aromatic nitrogens is 1. The van der Waals surface area contributed by atoms with Gasteiger partial charge in [0.15, 0.2) is 5.84 Å². The summed E-state index contributed by atoms with van der Waals surface area (Å²) in [7, 11) is 0. The molecule has 0 saturated heterocycles. The van der Waals surface area contributed by atoms with Crippen LogP contribution in [-0.2, 0) is 5.41 Å². The van der Waals surface area contributed by atoms with Gasteiger partial charge in [0.1, 0.15) is 23.2 Å². The summed E-state index contributed by atoms with van der Waals surface area (Å²) in [6.07, 6.45) is -0.326. The van der Waals surface area contributed by atoms with E-state index in [0.717, 1.165) is 61.2 Å². The van der Waals surface area contributed by atoms with E-state index in [1.54, 1.807) is 0 Å². The molecule has 5 heteroatoms. The summed E-state index contributed by atoms with van der Waals surface area (Å²) in [5, 5.41) is 8.17. The third-order valence-electron chi connectivity index (χ3n) is 12.5. The van der Waals surface area contributed by atoms with Crippen LogP contribution < -0.4 is 5.32 Å². The predicted molar refractivity (Wildman–Crippen MR) is 243 cm³/mol. The maximum absolute atomic E-state index is 6.73. The normalized spacial score (nSPS) is 15.6. The lowest BCUT2D eigenvalue weighted by Gasteiger charge is -2.25. The van der Waals surface area contributed by atoms with Crippen molar-refractivity contribution in [3.8, 4) is 27.9 Å². The molecule has 0 bridgehead atoms. The Morgan fingerprint density at radius 3 is 2.12 bits per heavy atom. The van der Waals surface area contributed by atoms with Crippen molar-refractivity contribution >= 4 is 55.4 Å². The van der Waals surface area contributed by atoms with Crippen LogP contribution in [0.25, 0.3) is 71.7 Å². The molecular formula is C54H38N4O. The van der Waals surface area contributed by atoms with Gasteiger partial charge < -0.3 is 14.3 Å². The lowest BCUT2D eigenvalue weighted by molar-refractivity contribution is 0.658. The summed E-state index contributed by atoms with van der Waals surface area (Å²) in [6, 6.07) is 64.8. The van der Waals surface area contributed by atoms with Gasteiger partial charge in [-0.3, -0.25) is 0 Å². The van der Waals surface area contributed by atoms with E-state index in [-0.39, 0.29) is 11.6 Å². The standard InChI is InChI=1S/C54H38N4O/c1-54(2)44-21-11-9-18-38(44)39-27-25-36(30-45(39)54)52-55-51(34-16-7-4-8-17-34)56-53(57-52)43-20-13-23-48-50(43)42-29-26-37(32-49(42)59-48)58-46-22-12-10-19-40(46)41-28-24-35(31-47(41)58)33-14-5-3-6-15-33/h3-32,51H,1-2H3,(H,55,56,57). The first-order valence-electron chi connectivity index (χ1n) is 20.3. The highest BCUT2D eigenvalue weighted by molar-refractivity contribution is 6.22. The topological polar surface area (TPSA) is 54.8 Å². The molecule has 1 N–H and O–H groups in total. The highest BCUT2D eigenvalue weighted by Gasteiger charge is 2.36. The SMILES string of the molecule is CC1(C)c2ccccc2-c2ccc(C3=NC(c4cccc5oc6cc(-n7c8ccccc8c8ccc(-c9ccccc9)cc87)ccc6c45)=NC(c4ccccc4)N3)cc21. The van der Waals surface area contributed by atoms with Crippen LogP contribution in [0.3, 0.4) is 0 Å². The van der Waals surface area contributed by atoms with Crippen molar-refractivity contribution in [2.24, 2.45) is 9.98 Å². The molecule has 1 aliphatic carbocycles. The molecule has 0 radical (unpaired) electrons. The molecule has 8 aromatic carbocycles. The average molecular weight is 759 g/mol. The van der Waals surface area contributed by atoms with Gasteiger partial charge in [0, 0.05) is 49.8 Å². The minimum Gasteiger partial charge on any atom is -0.456 e. The first-order valence-corrected chi connectivity index (χ1v) is 20.3. The van der Waals surface area contributed by atoms with E-state index in [0.29, 0.717) is 5.84 Å². The molecule has 1 aliphatic heterocycles. The van der Waals surface area contributed by atoms with E-state index in [1.165, 1.54) is 44.2 Å². The number of benzene rings is 8. The Balaban J connectivity index is 1.01. The number of aliphatic imine (C=N–C) groups is 2. The number of fused-ring (bicyclic) bond motifs is 9. The Hall–Kier alpha value is -7.50. The fraction of sp³-hybridized carbons (Fsp3) is 0.0741. The summed E-state index contributed by atoms with van der Waals surface area (Å²) < 4.78 is 9.09. The fourth-order valence-corrected chi connectivity index (χ4v) is 9.57. The zero-order valence-corrected chi connectivity index (χ0v) is 32.6. The average Bonchev–Trinajstić information content (AvgIpc) is 3.91. The minimum atomic E-state index is -0.326. The van der Waals surface area contributed by atoms with Gasteiger partial charge in [0.05, 0.1) is 11.0 Å². The lowest BCUT2D eigenvalue weighted by Crippen LogP contribution is -2.33. The van der Waals surface area contributed by atoms with E-state index in [9.17, 15) is 0 Å². The largest absolute Gasteiger partial charge is 0.456 e. The van der Waals surface area contributed by atoms with Crippen LogP contribution in [0.5, 0.6) is 0 Å². The number of para-hydroxylation sites is 1. The van der Waals surface area contributed by atoms with Crippen molar-refractivity contribution in [3.05, 3.63) is 210 Å². The Bertz CT molecular complexity index is 3390. The van der Waals surface area contributed by atoms with Crippen LogP contribution >= 0.6 is 0 Å². The smallest absolute Gasteiger partial charge is 0.160 e. The number of hydrogen-bond donors (Lipinski definition) is 1. The van der Waals surface area contributed by atoms with Crippen LogP contribution in [0.4, 0.5) is 0 Å². The van der Waals surface area contributed by atoms with Crippen molar-refractivity contribution in [2.75, 3.05) is 0 Å². The monoisotopic (exact) mass is 758 g/mol. The van der Waals surface area contributed by atoms with Crippen molar-refractivity contribution < 1.29 is 4.42 Å². The first kappa shape index (κ1) is 33.6. The summed E-state index contributed by atoms with van der Waals surface area (Å²) >= 11 is 0. The van der Waals surface area contributed by atoms with Crippen molar-refractivity contribution in [2.45, 2.75) is 25.4 Å². The Kier molecular flexibility index (Phi) is 7.27. The molecule has 0 amide bonds. The molecule has 59 heavy (non-hydrogen) atoms. The second kappa shape index (κ2) is 12.8. The molecule has 12 rings (SSSR count). The number of furan rings is 1. The van der Waals surface area contributed by atoms with Gasteiger partial charge in [-0.05, 0) is 75.3 Å². The second-order valence-corrected chi connectivity index (χ2v) is 16.2. The van der Waals surface area contributed by atoms with Gasteiger partial charge in [-0.1, -0.05) is 153 Å². The highest BCUT2D eigenvalue weighted by Crippen LogP contribution is 2.49. The van der Waals surface area contributed by atoms with E-state index in [2.05, 4.69) is 188 Å². The van der Waals surface area contributed by atoms with Crippen LogP contribution in [0.2, 0.25) is 0 Å². The van der Waals surface area contributed by atoms with Gasteiger partial charge in [-0.25, -0.2) is 9.98 Å².